The van der Waals surface area contributed by atoms with Crippen molar-refractivity contribution in [1.29, 1.82) is 5.26 Å². The van der Waals surface area contributed by atoms with Gasteiger partial charge in [-0.15, -0.1) is 0 Å². The number of carbonyl (C=O) groups is 1. The van der Waals surface area contributed by atoms with Crippen LogP contribution in [0, 0.1) is 16.7 Å². The van der Waals surface area contributed by atoms with E-state index in [4.69, 9.17) is 11.0 Å². The molecule has 0 rings (SSSR count). The van der Waals surface area contributed by atoms with E-state index >= 15 is 0 Å². The number of hydrogen-bond donors (Lipinski definition) is 2. The molecule has 0 aromatic heterocycles. The molecule has 2 atom stereocenters. The fourth-order valence-corrected chi connectivity index (χ4v) is 1.79. The molecule has 0 aliphatic carbocycles. The van der Waals surface area contributed by atoms with E-state index < -0.39 is 0 Å². The number of nitriles is 1. The van der Waals surface area contributed by atoms with Gasteiger partial charge in [0.2, 0.25) is 5.91 Å². The molecule has 0 bridgehead atoms. The van der Waals surface area contributed by atoms with E-state index in [0.29, 0.717) is 12.8 Å². The number of amides is 1. The molecule has 2 unspecified atom stereocenters. The van der Waals surface area contributed by atoms with Gasteiger partial charge in [-0.25, -0.2) is 0 Å². The Morgan fingerprint density at radius 1 is 1.47 bits per heavy atom. The topological polar surface area (TPSA) is 78.9 Å². The van der Waals surface area contributed by atoms with E-state index in [0.717, 1.165) is 12.8 Å². The molecule has 0 heterocycles. The van der Waals surface area contributed by atoms with Crippen molar-refractivity contribution < 1.29 is 4.79 Å². The van der Waals surface area contributed by atoms with Crippen LogP contribution in [-0.2, 0) is 4.79 Å². The Balaban J connectivity index is 4.05. The maximum absolute atomic E-state index is 11.7. The first kappa shape index (κ1) is 15.9. The van der Waals surface area contributed by atoms with Gasteiger partial charge in [0.1, 0.15) is 0 Å². The van der Waals surface area contributed by atoms with Gasteiger partial charge in [0.25, 0.3) is 0 Å². The Morgan fingerprint density at radius 3 is 2.47 bits per heavy atom. The number of nitrogens with two attached hydrogens (primary N) is 1. The summed E-state index contributed by atoms with van der Waals surface area (Å²) in [7, 11) is 0. The molecule has 98 valence electrons. The van der Waals surface area contributed by atoms with Crippen LogP contribution in [0.2, 0.25) is 0 Å². The summed E-state index contributed by atoms with van der Waals surface area (Å²) in [4.78, 5) is 11.7. The second-order valence-corrected chi connectivity index (χ2v) is 5.76. The molecular formula is C13H25N3O. The number of nitrogens with zero attached hydrogens (tertiary/aromatic N) is 1. The highest BCUT2D eigenvalue weighted by molar-refractivity contribution is 5.76. The first-order valence-electron chi connectivity index (χ1n) is 6.20. The van der Waals surface area contributed by atoms with Crippen LogP contribution < -0.4 is 11.1 Å². The molecule has 17 heavy (non-hydrogen) atoms. The summed E-state index contributed by atoms with van der Waals surface area (Å²) in [6.07, 6.45) is 2.28. The number of hydrogen-bond acceptors (Lipinski definition) is 3. The summed E-state index contributed by atoms with van der Waals surface area (Å²) >= 11 is 0. The standard InChI is InChI=1S/C13H25N3O/c1-5-11(6-7-14)16-12(17)8-10(15)9-13(2,3)4/h10-11H,5-6,8-9,15H2,1-4H3,(H,16,17). The van der Waals surface area contributed by atoms with Crippen molar-refractivity contribution in [3.05, 3.63) is 0 Å². The highest BCUT2D eigenvalue weighted by atomic mass is 16.1. The molecule has 0 spiro atoms. The maximum Gasteiger partial charge on any atom is 0.221 e. The van der Waals surface area contributed by atoms with Crippen molar-refractivity contribution in [2.24, 2.45) is 11.1 Å². The number of carbonyl (C=O) groups excluding carboxylic acids is 1. The summed E-state index contributed by atoms with van der Waals surface area (Å²) in [5.41, 5.74) is 6.06. The molecule has 0 saturated carbocycles. The molecule has 4 nitrogen and oxygen atoms in total. The second kappa shape index (κ2) is 7.29. The summed E-state index contributed by atoms with van der Waals surface area (Å²) in [5.74, 6) is -0.0520. The molecule has 0 aliphatic rings. The Bertz CT molecular complexity index is 275. The highest BCUT2D eigenvalue weighted by Gasteiger charge is 2.19. The van der Waals surface area contributed by atoms with E-state index in [-0.39, 0.29) is 23.4 Å². The number of rotatable bonds is 6. The van der Waals surface area contributed by atoms with Crippen LogP contribution in [0.25, 0.3) is 0 Å². The lowest BCUT2D eigenvalue weighted by atomic mass is 9.87. The first-order chi connectivity index (χ1) is 7.78. The average Bonchev–Trinajstić information content (AvgIpc) is 2.13. The Hall–Kier alpha value is -1.08. The van der Waals surface area contributed by atoms with Gasteiger partial charge < -0.3 is 11.1 Å². The van der Waals surface area contributed by atoms with Crippen LogP contribution in [0.5, 0.6) is 0 Å². The van der Waals surface area contributed by atoms with Crippen LogP contribution in [0.1, 0.15) is 53.4 Å². The highest BCUT2D eigenvalue weighted by Crippen LogP contribution is 2.20. The summed E-state index contributed by atoms with van der Waals surface area (Å²) in [5, 5.41) is 11.4. The zero-order chi connectivity index (χ0) is 13.5. The number of nitrogens with one attached hydrogen (secondary N) is 1. The minimum atomic E-state index is -0.116. The summed E-state index contributed by atoms with van der Waals surface area (Å²) in [6.45, 7) is 8.28. The lowest BCUT2D eigenvalue weighted by Gasteiger charge is -2.23. The maximum atomic E-state index is 11.7. The molecular weight excluding hydrogens is 214 g/mol. The third-order valence-corrected chi connectivity index (χ3v) is 2.52. The van der Waals surface area contributed by atoms with E-state index in [1.807, 2.05) is 6.92 Å². The van der Waals surface area contributed by atoms with Crippen LogP contribution in [-0.4, -0.2) is 18.0 Å². The van der Waals surface area contributed by atoms with Crippen molar-refractivity contribution in [2.75, 3.05) is 0 Å². The van der Waals surface area contributed by atoms with Crippen molar-refractivity contribution in [3.63, 3.8) is 0 Å². The van der Waals surface area contributed by atoms with E-state index in [1.54, 1.807) is 0 Å². The van der Waals surface area contributed by atoms with Crippen molar-refractivity contribution in [3.8, 4) is 6.07 Å². The van der Waals surface area contributed by atoms with Gasteiger partial charge in [0.05, 0.1) is 12.5 Å². The fourth-order valence-electron chi connectivity index (χ4n) is 1.79. The zero-order valence-electron chi connectivity index (χ0n) is 11.4. The quantitative estimate of drug-likeness (QED) is 0.743. The monoisotopic (exact) mass is 239 g/mol. The Morgan fingerprint density at radius 2 is 2.06 bits per heavy atom. The Labute approximate surface area is 105 Å². The molecule has 3 N–H and O–H groups in total. The van der Waals surface area contributed by atoms with E-state index in [2.05, 4.69) is 32.2 Å². The van der Waals surface area contributed by atoms with Crippen LogP contribution in [0.15, 0.2) is 0 Å². The van der Waals surface area contributed by atoms with E-state index in [9.17, 15) is 4.79 Å². The lowest BCUT2D eigenvalue weighted by Crippen LogP contribution is -2.39. The van der Waals surface area contributed by atoms with E-state index in [1.165, 1.54) is 0 Å². The minimum absolute atomic E-state index is 0.0469. The van der Waals surface area contributed by atoms with Gasteiger partial charge in [-0.1, -0.05) is 27.7 Å². The molecule has 4 heteroatoms. The molecule has 0 aromatic rings. The minimum Gasteiger partial charge on any atom is -0.352 e. The normalized spacial score (nSPS) is 14.8. The van der Waals surface area contributed by atoms with Crippen molar-refractivity contribution >= 4 is 5.91 Å². The molecule has 0 fully saturated rings. The molecule has 1 amide bonds. The second-order valence-electron chi connectivity index (χ2n) is 5.76. The molecule has 0 aromatic carbocycles. The SMILES string of the molecule is CCC(CC#N)NC(=O)CC(N)CC(C)(C)C. The van der Waals surface area contributed by atoms with Gasteiger partial charge >= 0.3 is 0 Å². The third kappa shape index (κ3) is 8.70. The summed E-state index contributed by atoms with van der Waals surface area (Å²) in [6, 6.07) is 1.91. The Kier molecular flexibility index (Phi) is 6.82. The van der Waals surface area contributed by atoms with Crippen molar-refractivity contribution in [1.82, 2.24) is 5.32 Å². The largest absolute Gasteiger partial charge is 0.352 e. The van der Waals surface area contributed by atoms with Crippen LogP contribution in [0.4, 0.5) is 0 Å². The van der Waals surface area contributed by atoms with Gasteiger partial charge in [-0.3, -0.25) is 4.79 Å². The third-order valence-electron chi connectivity index (χ3n) is 2.52. The zero-order valence-corrected chi connectivity index (χ0v) is 11.4. The van der Waals surface area contributed by atoms with Gasteiger partial charge in [0.15, 0.2) is 0 Å². The van der Waals surface area contributed by atoms with Gasteiger partial charge in [-0.2, -0.15) is 5.26 Å². The lowest BCUT2D eigenvalue weighted by molar-refractivity contribution is -0.122. The molecule has 0 radical (unpaired) electrons. The molecule has 0 aliphatic heterocycles. The van der Waals surface area contributed by atoms with Gasteiger partial charge in [-0.05, 0) is 18.3 Å². The van der Waals surface area contributed by atoms with Crippen molar-refractivity contribution in [2.45, 2.75) is 65.5 Å². The average molecular weight is 239 g/mol. The predicted molar refractivity (Wildman–Crippen MR) is 69.1 cm³/mol. The van der Waals surface area contributed by atoms with Gasteiger partial charge in [0, 0.05) is 18.5 Å². The van der Waals surface area contributed by atoms with Crippen LogP contribution >= 0.6 is 0 Å². The fraction of sp³-hybridized carbons (Fsp3) is 0.846. The summed E-state index contributed by atoms with van der Waals surface area (Å²) < 4.78 is 0. The predicted octanol–water partition coefficient (Wildman–Crippen LogP) is 1.95. The first-order valence-corrected chi connectivity index (χ1v) is 6.20. The molecule has 0 saturated heterocycles. The smallest absolute Gasteiger partial charge is 0.221 e. The van der Waals surface area contributed by atoms with Crippen LogP contribution in [0.3, 0.4) is 0 Å².